The minimum absolute atomic E-state index is 0.0288. The molecule has 0 aliphatic carbocycles. The van der Waals surface area contributed by atoms with Gasteiger partial charge in [-0.1, -0.05) is 110 Å². The average molecular weight is 529 g/mol. The zero-order chi connectivity index (χ0) is 27.9. The molecule has 0 spiro atoms. The number of hydrogen-bond donors (Lipinski definition) is 3. The SMILES string of the molecule is CCCCCCCCCCCCC(CC)N(O)C(=O)c1ccc2c(NC(=O)OCC(C)C)cccc2c1O. The number of nitrogens with one attached hydrogen (secondary N) is 1. The minimum Gasteiger partial charge on any atom is -0.506 e. The molecule has 1 unspecified atom stereocenters. The number of hydroxylamine groups is 2. The topological polar surface area (TPSA) is 99.1 Å². The van der Waals surface area contributed by atoms with Crippen LogP contribution in [0.5, 0.6) is 5.75 Å². The van der Waals surface area contributed by atoms with E-state index in [1.54, 1.807) is 24.3 Å². The van der Waals surface area contributed by atoms with Crippen LogP contribution in [-0.4, -0.2) is 40.0 Å². The quantitative estimate of drug-likeness (QED) is 0.108. The van der Waals surface area contributed by atoms with Crippen LogP contribution < -0.4 is 5.32 Å². The van der Waals surface area contributed by atoms with Crippen LogP contribution in [0.4, 0.5) is 10.5 Å². The van der Waals surface area contributed by atoms with Crippen molar-refractivity contribution < 1.29 is 24.6 Å². The summed E-state index contributed by atoms with van der Waals surface area (Å²) in [4.78, 5) is 25.3. The van der Waals surface area contributed by atoms with Crippen LogP contribution >= 0.6 is 0 Å². The monoisotopic (exact) mass is 528 g/mol. The molecule has 2 aromatic rings. The van der Waals surface area contributed by atoms with Crippen molar-refractivity contribution in [1.29, 1.82) is 0 Å². The maximum absolute atomic E-state index is 13.1. The molecule has 0 heterocycles. The van der Waals surface area contributed by atoms with Gasteiger partial charge in [-0.25, -0.2) is 9.86 Å². The molecular weight excluding hydrogens is 480 g/mol. The third-order valence-corrected chi connectivity index (χ3v) is 6.96. The van der Waals surface area contributed by atoms with Crippen molar-refractivity contribution in [2.45, 2.75) is 111 Å². The highest BCUT2D eigenvalue weighted by molar-refractivity contribution is 6.08. The molecule has 0 aliphatic heterocycles. The van der Waals surface area contributed by atoms with E-state index in [1.807, 2.05) is 20.8 Å². The Balaban J connectivity index is 1.95. The van der Waals surface area contributed by atoms with Gasteiger partial charge in [0.2, 0.25) is 0 Å². The Labute approximate surface area is 228 Å². The highest BCUT2D eigenvalue weighted by Crippen LogP contribution is 2.34. The van der Waals surface area contributed by atoms with Gasteiger partial charge in [-0.15, -0.1) is 0 Å². The summed E-state index contributed by atoms with van der Waals surface area (Å²) >= 11 is 0. The molecule has 38 heavy (non-hydrogen) atoms. The Morgan fingerprint density at radius 1 is 0.895 bits per heavy atom. The van der Waals surface area contributed by atoms with Crippen molar-refractivity contribution >= 4 is 28.5 Å². The number of ether oxygens (including phenoxy) is 1. The summed E-state index contributed by atoms with van der Waals surface area (Å²) in [5.41, 5.74) is 0.500. The molecule has 0 aliphatic rings. The summed E-state index contributed by atoms with van der Waals surface area (Å²) in [5, 5.41) is 26.1. The van der Waals surface area contributed by atoms with Gasteiger partial charge in [0, 0.05) is 10.8 Å². The van der Waals surface area contributed by atoms with E-state index in [0.717, 1.165) is 24.3 Å². The van der Waals surface area contributed by atoms with E-state index in [0.29, 0.717) is 29.5 Å². The van der Waals surface area contributed by atoms with Gasteiger partial charge in [0.1, 0.15) is 5.75 Å². The van der Waals surface area contributed by atoms with E-state index < -0.39 is 12.0 Å². The number of hydrogen-bond acceptors (Lipinski definition) is 5. The van der Waals surface area contributed by atoms with Gasteiger partial charge in [0.15, 0.2) is 0 Å². The summed E-state index contributed by atoms with van der Waals surface area (Å²) in [6.45, 7) is 8.39. The first-order valence-corrected chi connectivity index (χ1v) is 14.5. The summed E-state index contributed by atoms with van der Waals surface area (Å²) < 4.78 is 5.19. The third-order valence-electron chi connectivity index (χ3n) is 6.96. The molecule has 2 amide bonds. The van der Waals surface area contributed by atoms with Crippen molar-refractivity contribution in [2.75, 3.05) is 11.9 Å². The Kier molecular flexibility index (Phi) is 14.0. The first-order valence-electron chi connectivity index (χ1n) is 14.5. The van der Waals surface area contributed by atoms with Crippen molar-refractivity contribution in [3.05, 3.63) is 35.9 Å². The lowest BCUT2D eigenvalue weighted by molar-refractivity contribution is -0.0918. The zero-order valence-corrected chi connectivity index (χ0v) is 23.8. The van der Waals surface area contributed by atoms with Crippen LogP contribution in [0.25, 0.3) is 10.8 Å². The fraction of sp³-hybridized carbons (Fsp3) is 0.613. The number of carbonyl (C=O) groups is 2. The molecule has 0 saturated carbocycles. The summed E-state index contributed by atoms with van der Waals surface area (Å²) in [7, 11) is 0. The van der Waals surface area contributed by atoms with E-state index in [2.05, 4.69) is 12.2 Å². The molecule has 7 heteroatoms. The van der Waals surface area contributed by atoms with Crippen LogP contribution in [0, 0.1) is 5.92 Å². The lowest BCUT2D eigenvalue weighted by Gasteiger charge is -2.25. The van der Waals surface area contributed by atoms with E-state index in [9.17, 15) is 19.9 Å². The van der Waals surface area contributed by atoms with Gasteiger partial charge in [0.25, 0.3) is 5.91 Å². The van der Waals surface area contributed by atoms with E-state index >= 15 is 0 Å². The standard InChI is InChI=1S/C31H48N2O5/c1-5-7-8-9-10-11-12-13-14-15-17-24(6-2)33(37)30(35)27-21-20-25-26(29(27)34)18-16-19-28(25)32-31(36)38-22-23(3)4/h16,18-21,23-24,34,37H,5-15,17,22H2,1-4H3,(H,32,36). The Bertz CT molecular complexity index is 1010. The summed E-state index contributed by atoms with van der Waals surface area (Å²) in [6.07, 6.45) is 13.1. The molecule has 0 saturated heterocycles. The fourth-order valence-electron chi connectivity index (χ4n) is 4.67. The predicted molar refractivity (Wildman–Crippen MR) is 154 cm³/mol. The number of aromatic hydroxyl groups is 1. The molecule has 1 atom stereocenters. The highest BCUT2D eigenvalue weighted by Gasteiger charge is 2.25. The lowest BCUT2D eigenvalue weighted by atomic mass is 10.0. The normalized spacial score (nSPS) is 12.1. The van der Waals surface area contributed by atoms with Crippen molar-refractivity contribution in [3.63, 3.8) is 0 Å². The van der Waals surface area contributed by atoms with Crippen LogP contribution in [0.3, 0.4) is 0 Å². The van der Waals surface area contributed by atoms with Crippen LogP contribution in [0.2, 0.25) is 0 Å². The van der Waals surface area contributed by atoms with Crippen molar-refractivity contribution in [2.24, 2.45) is 5.92 Å². The number of fused-ring (bicyclic) bond motifs is 1. The van der Waals surface area contributed by atoms with E-state index in [-0.39, 0.29) is 23.3 Å². The van der Waals surface area contributed by atoms with Crippen molar-refractivity contribution in [1.82, 2.24) is 5.06 Å². The Morgan fingerprint density at radius 3 is 2.13 bits per heavy atom. The van der Waals surface area contributed by atoms with Crippen LogP contribution in [-0.2, 0) is 4.74 Å². The zero-order valence-electron chi connectivity index (χ0n) is 23.8. The molecule has 0 aromatic heterocycles. The smallest absolute Gasteiger partial charge is 0.411 e. The van der Waals surface area contributed by atoms with Crippen molar-refractivity contribution in [3.8, 4) is 5.75 Å². The second-order valence-electron chi connectivity index (χ2n) is 10.7. The largest absolute Gasteiger partial charge is 0.506 e. The average Bonchev–Trinajstić information content (AvgIpc) is 2.90. The first kappa shape index (κ1) is 31.4. The highest BCUT2D eigenvalue weighted by atomic mass is 16.5. The Hall–Kier alpha value is -2.80. The summed E-state index contributed by atoms with van der Waals surface area (Å²) in [6, 6.07) is 7.91. The van der Waals surface area contributed by atoms with Gasteiger partial charge in [0.05, 0.1) is 23.9 Å². The molecule has 7 nitrogen and oxygen atoms in total. The molecular formula is C31H48N2O5. The molecule has 0 radical (unpaired) electrons. The number of nitrogens with zero attached hydrogens (tertiary/aromatic N) is 1. The minimum atomic E-state index is -0.627. The third kappa shape index (κ3) is 9.82. The molecule has 3 N–H and O–H groups in total. The molecule has 2 aromatic carbocycles. The van der Waals surface area contributed by atoms with Gasteiger partial charge in [-0.05, 0) is 30.9 Å². The summed E-state index contributed by atoms with van der Waals surface area (Å²) in [5.74, 6) is -0.637. The second kappa shape index (κ2) is 16.9. The predicted octanol–water partition coefficient (Wildman–Crippen LogP) is 8.67. The van der Waals surface area contributed by atoms with Gasteiger partial charge < -0.3 is 9.84 Å². The van der Waals surface area contributed by atoms with Gasteiger partial charge >= 0.3 is 6.09 Å². The first-order chi connectivity index (χ1) is 18.3. The number of anilines is 1. The molecule has 2 rings (SSSR count). The van der Waals surface area contributed by atoms with Crippen LogP contribution in [0.15, 0.2) is 30.3 Å². The number of unbranched alkanes of at least 4 members (excludes halogenated alkanes) is 9. The Morgan fingerprint density at radius 2 is 1.53 bits per heavy atom. The molecule has 0 bridgehead atoms. The number of phenolic OH excluding ortho intramolecular Hbond substituents is 1. The van der Waals surface area contributed by atoms with Crippen LogP contribution in [0.1, 0.15) is 115 Å². The van der Waals surface area contributed by atoms with Gasteiger partial charge in [-0.2, -0.15) is 0 Å². The maximum Gasteiger partial charge on any atom is 0.411 e. The fourth-order valence-corrected chi connectivity index (χ4v) is 4.67. The van der Waals surface area contributed by atoms with E-state index in [1.165, 1.54) is 57.4 Å². The molecule has 212 valence electrons. The number of amides is 2. The number of carbonyl (C=O) groups excluding carboxylic acids is 2. The number of benzene rings is 2. The number of phenols is 1. The number of rotatable bonds is 17. The van der Waals surface area contributed by atoms with E-state index in [4.69, 9.17) is 4.74 Å². The van der Waals surface area contributed by atoms with Gasteiger partial charge in [-0.3, -0.25) is 15.3 Å². The second-order valence-corrected chi connectivity index (χ2v) is 10.7. The lowest BCUT2D eigenvalue weighted by Crippen LogP contribution is -2.37. The maximum atomic E-state index is 13.1. The molecule has 0 fully saturated rings.